The van der Waals surface area contributed by atoms with Crippen LogP contribution in [0, 0.1) is 0 Å². The van der Waals surface area contributed by atoms with Gasteiger partial charge in [0, 0.05) is 13.8 Å². The molecule has 0 saturated heterocycles. The molecule has 2 rings (SSSR count). The van der Waals surface area contributed by atoms with E-state index in [2.05, 4.69) is 0 Å². The van der Waals surface area contributed by atoms with Crippen molar-refractivity contribution in [1.29, 1.82) is 0 Å². The number of hydrogen-bond donors (Lipinski definition) is 0. The van der Waals surface area contributed by atoms with E-state index in [9.17, 15) is 19.2 Å². The molecule has 0 N–H and O–H groups in total. The molecule has 0 aliphatic heterocycles. The number of esters is 4. The molecule has 0 aromatic heterocycles. The van der Waals surface area contributed by atoms with Crippen LogP contribution in [0.25, 0.3) is 0 Å². The number of carbonyl (C=O) groups is 4. The normalized spacial score (nSPS) is 12.4. The molecule has 0 bridgehead atoms. The molecule has 8 nitrogen and oxygen atoms in total. The van der Waals surface area contributed by atoms with E-state index in [1.165, 1.54) is 0 Å². The highest BCUT2D eigenvalue weighted by molar-refractivity contribution is 6.56. The standard InChI is InChI=1S/C20H8Cl10O8/c1-3(31)35-17(19(33)37-15-11(27)7(23)5(21)8(24)12(15)28)18(36-4(2)32)20(34)38-16-13(29)9(25)6(22)10(26)14(16)30/h17-18H,1-2H3. The molecule has 0 spiro atoms. The van der Waals surface area contributed by atoms with Gasteiger partial charge >= 0.3 is 23.9 Å². The molecule has 206 valence electrons. The third kappa shape index (κ3) is 7.29. The van der Waals surface area contributed by atoms with Crippen molar-refractivity contribution in [2.45, 2.75) is 26.1 Å². The van der Waals surface area contributed by atoms with Gasteiger partial charge in [-0.15, -0.1) is 0 Å². The zero-order valence-corrected chi connectivity index (χ0v) is 25.8. The molecule has 0 heterocycles. The Kier molecular flexibility index (Phi) is 12.1. The Hall–Kier alpha value is -0.780. The highest BCUT2D eigenvalue weighted by Gasteiger charge is 2.43. The first-order chi connectivity index (χ1) is 17.5. The summed E-state index contributed by atoms with van der Waals surface area (Å²) in [7, 11) is 0. The second kappa shape index (κ2) is 13.7. The first-order valence-corrected chi connectivity index (χ1v) is 13.1. The van der Waals surface area contributed by atoms with E-state index in [0.29, 0.717) is 0 Å². The van der Waals surface area contributed by atoms with Crippen molar-refractivity contribution in [1.82, 2.24) is 0 Å². The van der Waals surface area contributed by atoms with Crippen LogP contribution in [0.5, 0.6) is 11.5 Å². The lowest BCUT2D eigenvalue weighted by molar-refractivity contribution is -0.183. The topological polar surface area (TPSA) is 105 Å². The molecule has 0 saturated carbocycles. The summed E-state index contributed by atoms with van der Waals surface area (Å²) in [5.41, 5.74) is 0. The zero-order valence-electron chi connectivity index (χ0n) is 18.2. The zero-order chi connectivity index (χ0) is 29.2. The van der Waals surface area contributed by atoms with Gasteiger partial charge in [0.1, 0.15) is 20.1 Å². The number of ether oxygens (including phenoxy) is 4. The highest BCUT2D eigenvalue weighted by Crippen LogP contribution is 2.49. The van der Waals surface area contributed by atoms with Crippen molar-refractivity contribution in [3.63, 3.8) is 0 Å². The van der Waals surface area contributed by atoms with Crippen LogP contribution in [0.15, 0.2) is 0 Å². The summed E-state index contributed by atoms with van der Waals surface area (Å²) in [4.78, 5) is 49.7. The summed E-state index contributed by atoms with van der Waals surface area (Å²) in [5.74, 6) is -6.54. The van der Waals surface area contributed by atoms with Gasteiger partial charge in [-0.1, -0.05) is 116 Å². The summed E-state index contributed by atoms with van der Waals surface area (Å²) >= 11 is 59.9. The molecular weight excluding hydrogens is 723 g/mol. The van der Waals surface area contributed by atoms with Crippen LogP contribution in [-0.4, -0.2) is 36.1 Å². The van der Waals surface area contributed by atoms with E-state index in [0.717, 1.165) is 13.8 Å². The van der Waals surface area contributed by atoms with Gasteiger partial charge in [0.15, 0.2) is 11.5 Å². The first-order valence-electron chi connectivity index (χ1n) is 9.31. The predicted molar refractivity (Wildman–Crippen MR) is 145 cm³/mol. The largest absolute Gasteiger partial charge is 0.446 e. The van der Waals surface area contributed by atoms with E-state index in [-0.39, 0.29) is 30.1 Å². The van der Waals surface area contributed by atoms with E-state index < -0.39 is 67.7 Å². The SMILES string of the molecule is CC(=O)OC(C(=O)Oc1c(Cl)c(Cl)c(Cl)c(Cl)c1Cl)C(OC(C)=O)C(=O)Oc1c(Cl)c(Cl)c(Cl)c(Cl)c1Cl. The molecule has 2 aromatic carbocycles. The van der Waals surface area contributed by atoms with Gasteiger partial charge in [0.05, 0.1) is 30.1 Å². The fourth-order valence-corrected chi connectivity index (χ4v) is 4.89. The molecule has 0 radical (unpaired) electrons. The Morgan fingerprint density at radius 2 is 0.658 bits per heavy atom. The van der Waals surface area contributed by atoms with E-state index in [1.54, 1.807) is 0 Å². The molecule has 0 fully saturated rings. The van der Waals surface area contributed by atoms with Gasteiger partial charge in [0.2, 0.25) is 12.2 Å². The molecular formula is C20H8Cl10O8. The lowest BCUT2D eigenvalue weighted by Crippen LogP contribution is -2.48. The van der Waals surface area contributed by atoms with E-state index in [4.69, 9.17) is 135 Å². The Balaban J connectivity index is 2.57. The third-order valence-electron chi connectivity index (χ3n) is 4.07. The van der Waals surface area contributed by atoms with Gasteiger partial charge in [0.25, 0.3) is 0 Å². The smallest absolute Gasteiger partial charge is 0.357 e. The maximum absolute atomic E-state index is 13.1. The second-order valence-corrected chi connectivity index (χ2v) is 10.5. The summed E-state index contributed by atoms with van der Waals surface area (Å²) in [6, 6.07) is 0. The van der Waals surface area contributed by atoms with Crippen molar-refractivity contribution < 1.29 is 38.1 Å². The minimum absolute atomic E-state index is 0.255. The van der Waals surface area contributed by atoms with Crippen LogP contribution < -0.4 is 9.47 Å². The number of carbonyl (C=O) groups excluding carboxylic acids is 4. The molecule has 18 heteroatoms. The third-order valence-corrected chi connectivity index (χ3v) is 8.55. The Bertz CT molecular complexity index is 1190. The van der Waals surface area contributed by atoms with E-state index in [1.807, 2.05) is 0 Å². The molecule has 2 atom stereocenters. The van der Waals surface area contributed by atoms with Crippen LogP contribution in [-0.2, 0) is 28.7 Å². The molecule has 0 aliphatic carbocycles. The summed E-state index contributed by atoms with van der Waals surface area (Å²) in [6.45, 7) is 1.75. The summed E-state index contributed by atoms with van der Waals surface area (Å²) in [5, 5.41) is -3.72. The van der Waals surface area contributed by atoms with Gasteiger partial charge in [-0.25, -0.2) is 9.59 Å². The van der Waals surface area contributed by atoms with E-state index >= 15 is 0 Å². The number of rotatable bonds is 7. The number of hydrogen-bond acceptors (Lipinski definition) is 8. The van der Waals surface area contributed by atoms with Crippen molar-refractivity contribution in [2.24, 2.45) is 0 Å². The molecule has 0 aliphatic rings. The van der Waals surface area contributed by atoms with Crippen molar-refractivity contribution in [2.75, 3.05) is 0 Å². The number of halogens is 10. The van der Waals surface area contributed by atoms with Crippen LogP contribution in [0.4, 0.5) is 0 Å². The fourth-order valence-electron chi connectivity index (χ4n) is 2.49. The van der Waals surface area contributed by atoms with Gasteiger partial charge in [-0.2, -0.15) is 0 Å². The maximum atomic E-state index is 13.1. The molecule has 0 amide bonds. The monoisotopic (exact) mass is 726 g/mol. The van der Waals surface area contributed by atoms with Gasteiger partial charge in [-0.05, 0) is 0 Å². The Labute approximate surface area is 264 Å². The summed E-state index contributed by atoms with van der Waals surface area (Å²) < 4.78 is 20.0. The Morgan fingerprint density at radius 1 is 0.447 bits per heavy atom. The average Bonchev–Trinajstić information content (AvgIpc) is 2.85. The quantitative estimate of drug-likeness (QED) is 0.121. The highest BCUT2D eigenvalue weighted by atomic mass is 35.5. The average molecular weight is 731 g/mol. The fraction of sp³-hybridized carbons (Fsp3) is 0.200. The predicted octanol–water partition coefficient (Wildman–Crippen LogP) is 8.59. The second-order valence-electron chi connectivity index (χ2n) is 6.70. The maximum Gasteiger partial charge on any atom is 0.357 e. The van der Waals surface area contributed by atoms with Crippen LogP contribution in [0.3, 0.4) is 0 Å². The van der Waals surface area contributed by atoms with Crippen molar-refractivity contribution >= 4 is 140 Å². The summed E-state index contributed by atoms with van der Waals surface area (Å²) in [6.07, 6.45) is -4.61. The van der Waals surface area contributed by atoms with Crippen LogP contribution >= 0.6 is 116 Å². The molecule has 38 heavy (non-hydrogen) atoms. The van der Waals surface area contributed by atoms with Gasteiger partial charge < -0.3 is 18.9 Å². The Morgan fingerprint density at radius 3 is 0.868 bits per heavy atom. The van der Waals surface area contributed by atoms with Crippen LogP contribution in [0.2, 0.25) is 50.2 Å². The number of benzene rings is 2. The van der Waals surface area contributed by atoms with Crippen molar-refractivity contribution in [3.8, 4) is 11.5 Å². The van der Waals surface area contributed by atoms with Gasteiger partial charge in [-0.3, -0.25) is 9.59 Å². The lowest BCUT2D eigenvalue weighted by Gasteiger charge is -2.24. The lowest BCUT2D eigenvalue weighted by atomic mass is 10.2. The van der Waals surface area contributed by atoms with Crippen LogP contribution in [0.1, 0.15) is 13.8 Å². The minimum atomic E-state index is -2.31. The minimum Gasteiger partial charge on any atom is -0.446 e. The molecule has 2 aromatic rings. The molecule has 2 unspecified atom stereocenters. The first kappa shape index (κ1) is 33.4. The van der Waals surface area contributed by atoms with Crippen molar-refractivity contribution in [3.05, 3.63) is 50.2 Å².